The number of carbonyl (C=O) groups is 1. The molecule has 1 aliphatic heterocycles. The number of rotatable bonds is 3. The van der Waals surface area contributed by atoms with Crippen molar-refractivity contribution in [2.75, 3.05) is 13.1 Å². The summed E-state index contributed by atoms with van der Waals surface area (Å²) in [5.41, 5.74) is 7.40. The van der Waals surface area contributed by atoms with Crippen LogP contribution in [0.3, 0.4) is 0 Å². The van der Waals surface area contributed by atoms with E-state index in [0.29, 0.717) is 30.6 Å². The molecule has 1 aliphatic rings. The molecule has 0 saturated carbocycles. The molecule has 0 bridgehead atoms. The van der Waals surface area contributed by atoms with Crippen molar-refractivity contribution in [1.29, 1.82) is 0 Å². The Morgan fingerprint density at radius 2 is 2.21 bits per heavy atom. The van der Waals surface area contributed by atoms with Gasteiger partial charge in [-0.15, -0.1) is 0 Å². The van der Waals surface area contributed by atoms with E-state index in [-0.39, 0.29) is 18.4 Å². The lowest BCUT2D eigenvalue weighted by molar-refractivity contribution is 0.0693. The van der Waals surface area contributed by atoms with Gasteiger partial charge >= 0.3 is 0 Å². The lowest BCUT2D eigenvalue weighted by Crippen LogP contribution is -2.39. The number of benzene rings is 1. The molecule has 124 valence electrons. The predicted molar refractivity (Wildman–Crippen MR) is 86.3 cm³/mol. The standard InChI is InChI=1S/C17H18N4O3/c18-8-15-19-13(10-23-15)17(22)21-7-3-4-11(9-21)16-20-12-5-1-2-6-14(12)24-16/h1-2,5-6,10-11H,3-4,7-9,18H2. The highest BCUT2D eigenvalue weighted by molar-refractivity contribution is 5.92. The Morgan fingerprint density at radius 1 is 1.33 bits per heavy atom. The number of hydrogen-bond acceptors (Lipinski definition) is 6. The van der Waals surface area contributed by atoms with E-state index in [1.54, 1.807) is 4.90 Å². The minimum atomic E-state index is -0.140. The molecule has 3 heterocycles. The van der Waals surface area contributed by atoms with E-state index >= 15 is 0 Å². The number of piperidine rings is 1. The quantitative estimate of drug-likeness (QED) is 0.793. The molecule has 1 saturated heterocycles. The highest BCUT2D eigenvalue weighted by atomic mass is 16.4. The molecule has 7 heteroatoms. The number of oxazole rings is 2. The van der Waals surface area contributed by atoms with Gasteiger partial charge in [0.2, 0.25) is 5.89 Å². The first-order valence-corrected chi connectivity index (χ1v) is 8.04. The summed E-state index contributed by atoms with van der Waals surface area (Å²) in [6.07, 6.45) is 3.22. The van der Waals surface area contributed by atoms with Gasteiger partial charge in [-0.25, -0.2) is 9.97 Å². The number of aromatic nitrogens is 2. The van der Waals surface area contributed by atoms with Crippen molar-refractivity contribution >= 4 is 17.0 Å². The predicted octanol–water partition coefficient (Wildman–Crippen LogP) is 2.29. The lowest BCUT2D eigenvalue weighted by Gasteiger charge is -2.30. The molecule has 0 radical (unpaired) electrons. The number of likely N-dealkylation sites (tertiary alicyclic amines) is 1. The summed E-state index contributed by atoms with van der Waals surface area (Å²) in [5.74, 6) is 1.01. The number of fused-ring (bicyclic) bond motifs is 1. The van der Waals surface area contributed by atoms with Crippen LogP contribution in [0.15, 0.2) is 39.4 Å². The van der Waals surface area contributed by atoms with Crippen LogP contribution in [-0.4, -0.2) is 33.9 Å². The minimum absolute atomic E-state index is 0.0935. The third-order valence-electron chi connectivity index (χ3n) is 4.31. The third-order valence-corrected chi connectivity index (χ3v) is 4.31. The first kappa shape index (κ1) is 14.9. The van der Waals surface area contributed by atoms with Gasteiger partial charge < -0.3 is 19.5 Å². The molecule has 4 rings (SSSR count). The fraction of sp³-hybridized carbons (Fsp3) is 0.353. The molecular formula is C17H18N4O3. The number of nitrogens with zero attached hydrogens (tertiary/aromatic N) is 3. The molecule has 1 aromatic carbocycles. The lowest BCUT2D eigenvalue weighted by atomic mass is 9.98. The van der Waals surface area contributed by atoms with Crippen molar-refractivity contribution in [3.8, 4) is 0 Å². The van der Waals surface area contributed by atoms with E-state index in [9.17, 15) is 4.79 Å². The first-order chi connectivity index (χ1) is 11.7. The van der Waals surface area contributed by atoms with E-state index in [4.69, 9.17) is 14.6 Å². The molecule has 1 fully saturated rings. The molecule has 2 aromatic heterocycles. The maximum Gasteiger partial charge on any atom is 0.275 e. The largest absolute Gasteiger partial charge is 0.447 e. The molecule has 1 atom stereocenters. The van der Waals surface area contributed by atoms with Gasteiger partial charge in [0.25, 0.3) is 5.91 Å². The Labute approximate surface area is 138 Å². The average molecular weight is 326 g/mol. The van der Waals surface area contributed by atoms with E-state index in [1.807, 2.05) is 24.3 Å². The summed E-state index contributed by atoms with van der Waals surface area (Å²) in [5, 5.41) is 0. The van der Waals surface area contributed by atoms with E-state index in [0.717, 1.165) is 23.9 Å². The van der Waals surface area contributed by atoms with Crippen LogP contribution < -0.4 is 5.73 Å². The number of carbonyl (C=O) groups excluding carboxylic acids is 1. The number of nitrogens with two attached hydrogens (primary N) is 1. The van der Waals surface area contributed by atoms with Gasteiger partial charge in [-0.05, 0) is 25.0 Å². The zero-order chi connectivity index (χ0) is 16.5. The van der Waals surface area contributed by atoms with Crippen LogP contribution in [0, 0.1) is 0 Å². The molecule has 24 heavy (non-hydrogen) atoms. The van der Waals surface area contributed by atoms with Crippen molar-refractivity contribution in [2.24, 2.45) is 5.73 Å². The molecule has 1 amide bonds. The average Bonchev–Trinajstić information content (AvgIpc) is 3.28. The normalized spacial score (nSPS) is 18.2. The Morgan fingerprint density at radius 3 is 3.00 bits per heavy atom. The van der Waals surface area contributed by atoms with Crippen molar-refractivity contribution in [3.05, 3.63) is 48.0 Å². The summed E-state index contributed by atoms with van der Waals surface area (Å²) < 4.78 is 11.0. The Kier molecular flexibility index (Phi) is 3.78. The second-order valence-electron chi connectivity index (χ2n) is 5.94. The van der Waals surface area contributed by atoms with Crippen molar-refractivity contribution in [1.82, 2.24) is 14.9 Å². The maximum atomic E-state index is 12.6. The Balaban J connectivity index is 1.53. The van der Waals surface area contributed by atoms with Crippen LogP contribution >= 0.6 is 0 Å². The van der Waals surface area contributed by atoms with Gasteiger partial charge in [0.1, 0.15) is 11.8 Å². The van der Waals surface area contributed by atoms with Gasteiger partial charge in [-0.2, -0.15) is 0 Å². The molecule has 3 aromatic rings. The zero-order valence-corrected chi connectivity index (χ0v) is 13.1. The molecular weight excluding hydrogens is 308 g/mol. The first-order valence-electron chi connectivity index (χ1n) is 8.04. The number of hydrogen-bond donors (Lipinski definition) is 1. The summed E-state index contributed by atoms with van der Waals surface area (Å²) in [6, 6.07) is 7.69. The fourth-order valence-electron chi connectivity index (χ4n) is 3.09. The van der Waals surface area contributed by atoms with E-state index < -0.39 is 0 Å². The Hall–Kier alpha value is -2.67. The van der Waals surface area contributed by atoms with Crippen LogP contribution in [0.25, 0.3) is 11.1 Å². The molecule has 1 unspecified atom stereocenters. The maximum absolute atomic E-state index is 12.6. The van der Waals surface area contributed by atoms with Crippen LogP contribution in [0.4, 0.5) is 0 Å². The highest BCUT2D eigenvalue weighted by Gasteiger charge is 2.29. The van der Waals surface area contributed by atoms with Gasteiger partial charge in [0, 0.05) is 13.1 Å². The zero-order valence-electron chi connectivity index (χ0n) is 13.1. The van der Waals surface area contributed by atoms with Crippen LogP contribution in [-0.2, 0) is 6.54 Å². The molecule has 0 spiro atoms. The van der Waals surface area contributed by atoms with Crippen LogP contribution in [0.5, 0.6) is 0 Å². The van der Waals surface area contributed by atoms with Crippen LogP contribution in [0.1, 0.15) is 41.0 Å². The minimum Gasteiger partial charge on any atom is -0.447 e. The summed E-state index contributed by atoms with van der Waals surface area (Å²) in [7, 11) is 0. The molecule has 0 aliphatic carbocycles. The van der Waals surface area contributed by atoms with E-state index in [1.165, 1.54) is 6.26 Å². The van der Waals surface area contributed by atoms with Crippen molar-refractivity contribution < 1.29 is 13.6 Å². The van der Waals surface area contributed by atoms with Gasteiger partial charge in [-0.1, -0.05) is 12.1 Å². The summed E-state index contributed by atoms with van der Waals surface area (Å²) >= 11 is 0. The van der Waals surface area contributed by atoms with Crippen molar-refractivity contribution in [2.45, 2.75) is 25.3 Å². The van der Waals surface area contributed by atoms with Gasteiger partial charge in [0.15, 0.2) is 17.2 Å². The number of amides is 1. The summed E-state index contributed by atoms with van der Waals surface area (Å²) in [6.45, 7) is 1.44. The molecule has 7 nitrogen and oxygen atoms in total. The fourth-order valence-corrected chi connectivity index (χ4v) is 3.09. The van der Waals surface area contributed by atoms with Crippen LogP contribution in [0.2, 0.25) is 0 Å². The monoisotopic (exact) mass is 326 g/mol. The SMILES string of the molecule is NCc1nc(C(=O)N2CCCC(c3nc4ccccc4o3)C2)co1. The van der Waals surface area contributed by atoms with E-state index in [2.05, 4.69) is 9.97 Å². The highest BCUT2D eigenvalue weighted by Crippen LogP contribution is 2.29. The topological polar surface area (TPSA) is 98.4 Å². The van der Waals surface area contributed by atoms with Gasteiger partial charge in [-0.3, -0.25) is 4.79 Å². The van der Waals surface area contributed by atoms with Gasteiger partial charge in [0.05, 0.1) is 12.5 Å². The Bertz CT molecular complexity index is 836. The second kappa shape index (κ2) is 6.09. The second-order valence-corrected chi connectivity index (χ2v) is 5.94. The number of para-hydroxylation sites is 2. The smallest absolute Gasteiger partial charge is 0.275 e. The summed E-state index contributed by atoms with van der Waals surface area (Å²) in [4.78, 5) is 23.0. The van der Waals surface area contributed by atoms with Crippen molar-refractivity contribution in [3.63, 3.8) is 0 Å². The molecule has 2 N–H and O–H groups in total. The third kappa shape index (κ3) is 2.67.